The van der Waals surface area contributed by atoms with Gasteiger partial charge in [0.2, 0.25) is 0 Å². The highest BCUT2D eigenvalue weighted by molar-refractivity contribution is 5.94. The maximum atomic E-state index is 13.8. The molecule has 1 amide bonds. The molecule has 1 aromatic carbocycles. The summed E-state index contributed by atoms with van der Waals surface area (Å²) in [5.41, 5.74) is -1.09. The number of carbonyl (C=O) groups excluding carboxylic acids is 1. The van der Waals surface area contributed by atoms with E-state index in [4.69, 9.17) is 4.74 Å². The van der Waals surface area contributed by atoms with E-state index >= 15 is 0 Å². The summed E-state index contributed by atoms with van der Waals surface area (Å²) in [6.07, 6.45) is 0.437. The summed E-state index contributed by atoms with van der Waals surface area (Å²) in [6.45, 7) is 1.37. The number of carbonyl (C=O) groups is 1. The molecular weight excluding hydrogens is 517 g/mol. The van der Waals surface area contributed by atoms with Crippen LogP contribution in [0.4, 0.5) is 18.9 Å². The van der Waals surface area contributed by atoms with E-state index in [2.05, 4.69) is 20.2 Å². The summed E-state index contributed by atoms with van der Waals surface area (Å²) < 4.78 is 49.3. The minimum absolute atomic E-state index is 0.0622. The lowest BCUT2D eigenvalue weighted by atomic mass is 10.1. The van der Waals surface area contributed by atoms with Crippen molar-refractivity contribution in [3.63, 3.8) is 0 Å². The molecule has 200 valence electrons. The molecule has 2 aliphatic heterocycles. The molecule has 0 saturated carbocycles. The number of halogens is 3. The molecule has 1 unspecified atom stereocenters. The smallest absolute Gasteiger partial charge is 0.423 e. The van der Waals surface area contributed by atoms with Crippen molar-refractivity contribution < 1.29 is 22.7 Å². The van der Waals surface area contributed by atoms with E-state index in [0.717, 1.165) is 17.3 Å². The molecule has 14 heteroatoms. The fraction of sp³-hybridized carbons (Fsp3) is 0.280. The first-order valence-corrected chi connectivity index (χ1v) is 12.0. The molecule has 39 heavy (non-hydrogen) atoms. The van der Waals surface area contributed by atoms with Gasteiger partial charge in [-0.1, -0.05) is 24.3 Å². The van der Waals surface area contributed by atoms with Crippen molar-refractivity contribution >= 4 is 11.6 Å². The fourth-order valence-electron chi connectivity index (χ4n) is 4.99. The summed E-state index contributed by atoms with van der Waals surface area (Å²) in [6, 6.07) is 8.11. The van der Waals surface area contributed by atoms with Gasteiger partial charge in [0, 0.05) is 19.3 Å². The van der Waals surface area contributed by atoms with Gasteiger partial charge in [-0.15, -0.1) is 0 Å². The van der Waals surface area contributed by atoms with Gasteiger partial charge in [-0.3, -0.25) is 14.6 Å². The van der Waals surface area contributed by atoms with Crippen LogP contribution in [-0.4, -0.2) is 53.9 Å². The molecule has 11 nitrogen and oxygen atoms in total. The topological polar surface area (TPSA) is 122 Å². The Morgan fingerprint density at radius 1 is 1.13 bits per heavy atom. The number of fused-ring (bicyclic) bond motifs is 2. The maximum absolute atomic E-state index is 13.8. The number of aromatic amines is 1. The quantitative estimate of drug-likeness (QED) is 0.412. The number of H-pyrrole nitrogens is 1. The summed E-state index contributed by atoms with van der Waals surface area (Å²) in [5.74, 6) is 0.715. The monoisotopic (exact) mass is 538 g/mol. The highest BCUT2D eigenvalue weighted by Crippen LogP contribution is 2.42. The highest BCUT2D eigenvalue weighted by atomic mass is 19.4. The van der Waals surface area contributed by atoms with Crippen LogP contribution in [0.15, 0.2) is 60.0 Å². The third-order valence-corrected chi connectivity index (χ3v) is 6.82. The van der Waals surface area contributed by atoms with Gasteiger partial charge in [0.25, 0.3) is 11.5 Å². The zero-order chi connectivity index (χ0) is 27.1. The van der Waals surface area contributed by atoms with Crippen molar-refractivity contribution in [2.75, 3.05) is 18.1 Å². The predicted molar refractivity (Wildman–Crippen MR) is 130 cm³/mol. The number of pyridine rings is 1. The number of rotatable bonds is 5. The maximum Gasteiger partial charge on any atom is 0.423 e. The first-order valence-electron chi connectivity index (χ1n) is 12.0. The number of nitrogens with zero attached hydrogens (tertiary/aromatic N) is 7. The average Bonchev–Trinajstić information content (AvgIpc) is 3.55. The zero-order valence-corrected chi connectivity index (χ0v) is 20.3. The number of hydrogen-bond donors (Lipinski definition) is 1. The van der Waals surface area contributed by atoms with Crippen molar-refractivity contribution in [2.24, 2.45) is 0 Å². The number of benzene rings is 1. The third-order valence-electron chi connectivity index (χ3n) is 6.82. The van der Waals surface area contributed by atoms with Crippen LogP contribution in [-0.2, 0) is 25.8 Å². The normalized spacial score (nSPS) is 16.6. The zero-order valence-electron chi connectivity index (χ0n) is 20.3. The lowest BCUT2D eigenvalue weighted by Crippen LogP contribution is -2.38. The summed E-state index contributed by atoms with van der Waals surface area (Å²) in [7, 11) is 0. The van der Waals surface area contributed by atoms with Gasteiger partial charge in [-0.25, -0.2) is 14.8 Å². The third kappa shape index (κ3) is 4.57. The second kappa shape index (κ2) is 9.53. The van der Waals surface area contributed by atoms with E-state index in [1.54, 1.807) is 27.8 Å². The number of aromatic nitrogens is 6. The van der Waals surface area contributed by atoms with Crippen molar-refractivity contribution in [3.05, 3.63) is 93.7 Å². The van der Waals surface area contributed by atoms with Gasteiger partial charge < -0.3 is 14.5 Å². The molecule has 4 aromatic rings. The number of anilines is 1. The Balaban J connectivity index is 1.25. The van der Waals surface area contributed by atoms with Crippen LogP contribution in [0.2, 0.25) is 0 Å². The Labute approximate surface area is 218 Å². The van der Waals surface area contributed by atoms with Crippen LogP contribution < -0.4 is 15.2 Å². The number of ether oxygens (including phenoxy) is 1. The Morgan fingerprint density at radius 2 is 1.97 bits per heavy atom. The molecule has 0 saturated heterocycles. The van der Waals surface area contributed by atoms with Crippen molar-refractivity contribution in [2.45, 2.75) is 31.9 Å². The molecule has 0 radical (unpaired) electrons. The van der Waals surface area contributed by atoms with E-state index in [0.29, 0.717) is 31.0 Å². The number of hydrogen-bond acceptors (Lipinski definition) is 8. The Kier molecular flexibility index (Phi) is 6.00. The lowest BCUT2D eigenvalue weighted by Gasteiger charge is -2.29. The number of amides is 1. The molecule has 6 rings (SSSR count). The standard InChI is InChI=1S/C25H21F3N8O3/c26-25(27,28)22-19(10-31-33-23(22)37)35-11-15-3-1-2-4-18(15)20(35)13-39-17-7-16(8-29-9-17)24(38)34-5-6-36-21(12-34)30-14-32-36/h1-4,7-10,14,20H,5-6,11-13H2,(H,33,37). The molecule has 0 spiro atoms. The van der Waals surface area contributed by atoms with Gasteiger partial charge in [0.15, 0.2) is 0 Å². The molecule has 3 aromatic heterocycles. The summed E-state index contributed by atoms with van der Waals surface area (Å²) in [4.78, 5) is 36.7. The van der Waals surface area contributed by atoms with Crippen LogP contribution in [0.5, 0.6) is 5.75 Å². The second-order valence-electron chi connectivity index (χ2n) is 9.15. The molecule has 0 bridgehead atoms. The Hall–Kier alpha value is -4.75. The van der Waals surface area contributed by atoms with Gasteiger partial charge in [-0.2, -0.15) is 23.4 Å². The first kappa shape index (κ1) is 24.6. The summed E-state index contributed by atoms with van der Waals surface area (Å²) >= 11 is 0. The second-order valence-corrected chi connectivity index (χ2v) is 9.15. The number of nitrogens with one attached hydrogen (secondary N) is 1. The van der Waals surface area contributed by atoms with Gasteiger partial charge >= 0.3 is 6.18 Å². The summed E-state index contributed by atoms with van der Waals surface area (Å²) in [5, 5.41) is 9.61. The fourth-order valence-corrected chi connectivity index (χ4v) is 4.99. The lowest BCUT2D eigenvalue weighted by molar-refractivity contribution is -0.138. The SMILES string of the molecule is O=C(c1cncc(OCC2c3ccccc3CN2c2cn[nH]c(=O)c2C(F)(F)F)c1)N1CCn2ncnc2C1. The van der Waals surface area contributed by atoms with Gasteiger partial charge in [-0.05, 0) is 17.2 Å². The predicted octanol–water partition coefficient (Wildman–Crippen LogP) is 2.57. The van der Waals surface area contributed by atoms with Crippen molar-refractivity contribution in [1.29, 1.82) is 0 Å². The van der Waals surface area contributed by atoms with Gasteiger partial charge in [0.05, 0.1) is 42.8 Å². The molecule has 0 fully saturated rings. The molecule has 5 heterocycles. The Bertz CT molecular complexity index is 1600. The Morgan fingerprint density at radius 3 is 2.82 bits per heavy atom. The first-order chi connectivity index (χ1) is 18.8. The molecule has 2 aliphatic rings. The van der Waals surface area contributed by atoms with E-state index in [1.807, 2.05) is 17.2 Å². The largest absolute Gasteiger partial charge is 0.489 e. The van der Waals surface area contributed by atoms with E-state index < -0.39 is 23.3 Å². The van der Waals surface area contributed by atoms with Crippen LogP contribution >= 0.6 is 0 Å². The van der Waals surface area contributed by atoms with Crippen LogP contribution in [0.3, 0.4) is 0 Å². The van der Waals surface area contributed by atoms with E-state index in [1.165, 1.54) is 23.6 Å². The minimum Gasteiger partial charge on any atom is -0.489 e. The van der Waals surface area contributed by atoms with Crippen LogP contribution in [0.25, 0.3) is 0 Å². The molecule has 1 N–H and O–H groups in total. The molecule has 1 atom stereocenters. The van der Waals surface area contributed by atoms with E-state index in [-0.39, 0.29) is 30.5 Å². The molecular formula is C25H21F3N8O3. The van der Waals surface area contributed by atoms with Crippen molar-refractivity contribution in [3.8, 4) is 5.75 Å². The highest BCUT2D eigenvalue weighted by Gasteiger charge is 2.42. The number of alkyl halides is 3. The minimum atomic E-state index is -4.88. The van der Waals surface area contributed by atoms with Crippen LogP contribution in [0, 0.1) is 0 Å². The van der Waals surface area contributed by atoms with E-state index in [9.17, 15) is 22.8 Å². The van der Waals surface area contributed by atoms with Crippen LogP contribution in [0.1, 0.15) is 38.9 Å². The molecule has 0 aliphatic carbocycles. The average molecular weight is 538 g/mol. The van der Waals surface area contributed by atoms with Crippen molar-refractivity contribution in [1.82, 2.24) is 34.8 Å². The van der Waals surface area contributed by atoms with Gasteiger partial charge in [0.1, 0.15) is 30.1 Å².